The summed E-state index contributed by atoms with van der Waals surface area (Å²) in [5, 5.41) is 0.267. The van der Waals surface area contributed by atoms with E-state index in [9.17, 15) is 4.79 Å². The molecule has 0 aliphatic rings. The van der Waals surface area contributed by atoms with Gasteiger partial charge in [-0.3, -0.25) is 4.79 Å². The number of carbonyl (C=O) groups is 1. The summed E-state index contributed by atoms with van der Waals surface area (Å²) >= 11 is 5.87. The van der Waals surface area contributed by atoms with E-state index in [1.807, 2.05) is 0 Å². The van der Waals surface area contributed by atoms with Crippen molar-refractivity contribution < 1.29 is 4.79 Å². The molecule has 1 rings (SSSR count). The quantitative estimate of drug-likeness (QED) is 0.759. The van der Waals surface area contributed by atoms with Crippen LogP contribution in [0.3, 0.4) is 0 Å². The number of halogens is 1. The number of hydrogen-bond acceptors (Lipinski definition) is 2. The van der Waals surface area contributed by atoms with E-state index in [0.29, 0.717) is 11.5 Å². The van der Waals surface area contributed by atoms with E-state index >= 15 is 0 Å². The van der Waals surface area contributed by atoms with Crippen molar-refractivity contribution in [2.24, 2.45) is 5.92 Å². The van der Waals surface area contributed by atoms with Gasteiger partial charge in [-0.15, -0.1) is 0 Å². The Balaban J connectivity index is 2.75. The van der Waals surface area contributed by atoms with Crippen molar-refractivity contribution in [3.63, 3.8) is 0 Å². The van der Waals surface area contributed by atoms with Crippen LogP contribution in [0.4, 0.5) is 0 Å². The average molecular weight is 241 g/mol. The topological polar surface area (TPSA) is 33.2 Å². The van der Waals surface area contributed by atoms with Gasteiger partial charge >= 0.3 is 0 Å². The van der Waals surface area contributed by atoms with Gasteiger partial charge in [0.1, 0.15) is 5.15 Å². The van der Waals surface area contributed by atoms with Crippen LogP contribution >= 0.6 is 11.6 Å². The molecule has 0 saturated carbocycles. The van der Waals surface area contributed by atoms with Gasteiger partial charge < -0.3 is 4.90 Å². The molecule has 4 heteroatoms. The molecule has 1 atom stereocenters. The average Bonchev–Trinajstić information content (AvgIpc) is 2.28. The summed E-state index contributed by atoms with van der Waals surface area (Å²) in [6.07, 6.45) is 2.63. The third-order valence-electron chi connectivity index (χ3n) is 2.62. The van der Waals surface area contributed by atoms with Gasteiger partial charge in [-0.05, 0) is 18.1 Å². The Labute approximate surface area is 101 Å². The summed E-state index contributed by atoms with van der Waals surface area (Å²) in [7, 11) is 1.79. The minimum absolute atomic E-state index is 0.0709. The Morgan fingerprint density at radius 1 is 1.62 bits per heavy atom. The first-order valence-electron chi connectivity index (χ1n) is 5.42. The number of carbonyl (C=O) groups excluding carboxylic acids is 1. The second-order valence-corrected chi connectivity index (χ2v) is 4.40. The predicted octanol–water partition coefficient (Wildman–Crippen LogP) is 2.85. The lowest BCUT2D eigenvalue weighted by molar-refractivity contribution is 0.0774. The zero-order valence-corrected chi connectivity index (χ0v) is 10.7. The van der Waals surface area contributed by atoms with Gasteiger partial charge in [-0.25, -0.2) is 4.98 Å². The van der Waals surface area contributed by atoms with Gasteiger partial charge in [0.15, 0.2) is 0 Å². The van der Waals surface area contributed by atoms with Crippen LogP contribution in [-0.2, 0) is 0 Å². The Hall–Kier alpha value is -1.09. The number of hydrogen-bond donors (Lipinski definition) is 0. The van der Waals surface area contributed by atoms with Crippen LogP contribution < -0.4 is 0 Å². The van der Waals surface area contributed by atoms with Gasteiger partial charge in [0.2, 0.25) is 0 Å². The van der Waals surface area contributed by atoms with Crippen molar-refractivity contribution in [2.45, 2.75) is 20.3 Å². The summed E-state index contributed by atoms with van der Waals surface area (Å²) in [6, 6.07) is 3.42. The lowest BCUT2D eigenvalue weighted by Crippen LogP contribution is -2.31. The van der Waals surface area contributed by atoms with Gasteiger partial charge in [0.25, 0.3) is 5.91 Å². The van der Waals surface area contributed by atoms with E-state index in [1.54, 1.807) is 30.3 Å². The van der Waals surface area contributed by atoms with Crippen molar-refractivity contribution in [3.8, 4) is 0 Å². The maximum absolute atomic E-state index is 12.0. The highest BCUT2D eigenvalue weighted by Gasteiger charge is 2.16. The van der Waals surface area contributed by atoms with E-state index in [-0.39, 0.29) is 11.1 Å². The third-order valence-corrected chi connectivity index (χ3v) is 2.92. The first-order valence-corrected chi connectivity index (χ1v) is 5.80. The van der Waals surface area contributed by atoms with Gasteiger partial charge in [-0.2, -0.15) is 0 Å². The molecule has 1 aromatic heterocycles. The van der Waals surface area contributed by atoms with Gasteiger partial charge in [-0.1, -0.05) is 31.9 Å². The van der Waals surface area contributed by atoms with Crippen molar-refractivity contribution in [1.82, 2.24) is 9.88 Å². The third kappa shape index (κ3) is 3.20. The number of aromatic nitrogens is 1. The minimum Gasteiger partial charge on any atom is -0.341 e. The first-order chi connectivity index (χ1) is 7.56. The molecule has 0 aromatic carbocycles. The monoisotopic (exact) mass is 240 g/mol. The minimum atomic E-state index is -0.0709. The van der Waals surface area contributed by atoms with Gasteiger partial charge in [0.05, 0.1) is 5.56 Å². The smallest absolute Gasteiger partial charge is 0.256 e. The molecular weight excluding hydrogens is 224 g/mol. The van der Waals surface area contributed by atoms with E-state index < -0.39 is 0 Å². The van der Waals surface area contributed by atoms with Crippen LogP contribution in [-0.4, -0.2) is 29.4 Å². The SMILES string of the molecule is CCC(C)CN(C)C(=O)c1cccnc1Cl. The normalized spacial score (nSPS) is 12.2. The maximum atomic E-state index is 12.0. The number of rotatable bonds is 4. The fourth-order valence-electron chi connectivity index (χ4n) is 1.43. The second kappa shape index (κ2) is 5.85. The van der Waals surface area contributed by atoms with Crippen LogP contribution in [0.25, 0.3) is 0 Å². The fraction of sp³-hybridized carbons (Fsp3) is 0.500. The zero-order chi connectivity index (χ0) is 12.1. The van der Waals surface area contributed by atoms with E-state index in [0.717, 1.165) is 13.0 Å². The summed E-state index contributed by atoms with van der Waals surface area (Å²) in [6.45, 7) is 4.97. The molecule has 1 amide bonds. The molecule has 0 bridgehead atoms. The summed E-state index contributed by atoms with van der Waals surface area (Å²) in [5.41, 5.74) is 0.468. The highest BCUT2D eigenvalue weighted by atomic mass is 35.5. The van der Waals surface area contributed by atoms with Crippen LogP contribution in [0.2, 0.25) is 5.15 Å². The first kappa shape index (κ1) is 13.0. The Kier molecular flexibility index (Phi) is 4.74. The Bertz CT molecular complexity index is 368. The maximum Gasteiger partial charge on any atom is 0.256 e. The summed E-state index contributed by atoms with van der Waals surface area (Å²) in [4.78, 5) is 17.6. The molecule has 0 spiro atoms. The molecule has 0 radical (unpaired) electrons. The van der Waals surface area contributed by atoms with Gasteiger partial charge in [0, 0.05) is 19.8 Å². The van der Waals surface area contributed by atoms with Crippen LogP contribution in [0.15, 0.2) is 18.3 Å². The van der Waals surface area contributed by atoms with Crippen molar-refractivity contribution >= 4 is 17.5 Å². The Morgan fingerprint density at radius 2 is 2.31 bits per heavy atom. The van der Waals surface area contributed by atoms with E-state index in [2.05, 4.69) is 18.8 Å². The summed E-state index contributed by atoms with van der Waals surface area (Å²) in [5.74, 6) is 0.419. The highest BCUT2D eigenvalue weighted by Crippen LogP contribution is 2.14. The number of pyridine rings is 1. The largest absolute Gasteiger partial charge is 0.341 e. The molecule has 1 aromatic rings. The molecule has 0 fully saturated rings. The number of nitrogens with zero attached hydrogens (tertiary/aromatic N) is 2. The van der Waals surface area contributed by atoms with Crippen molar-refractivity contribution in [2.75, 3.05) is 13.6 Å². The second-order valence-electron chi connectivity index (χ2n) is 4.04. The molecule has 0 N–H and O–H groups in total. The van der Waals surface area contributed by atoms with E-state index in [1.165, 1.54) is 0 Å². The van der Waals surface area contributed by atoms with Crippen LogP contribution in [0.5, 0.6) is 0 Å². The zero-order valence-electron chi connectivity index (χ0n) is 9.90. The summed E-state index contributed by atoms with van der Waals surface area (Å²) < 4.78 is 0. The fourth-order valence-corrected chi connectivity index (χ4v) is 1.63. The Morgan fingerprint density at radius 3 is 2.88 bits per heavy atom. The number of amides is 1. The molecule has 16 heavy (non-hydrogen) atoms. The molecule has 1 unspecified atom stereocenters. The van der Waals surface area contributed by atoms with E-state index in [4.69, 9.17) is 11.6 Å². The predicted molar refractivity (Wildman–Crippen MR) is 65.7 cm³/mol. The van der Waals surface area contributed by atoms with Crippen molar-refractivity contribution in [3.05, 3.63) is 29.0 Å². The van der Waals surface area contributed by atoms with Crippen LogP contribution in [0, 0.1) is 5.92 Å². The molecule has 88 valence electrons. The highest BCUT2D eigenvalue weighted by molar-refractivity contribution is 6.32. The molecule has 0 aliphatic carbocycles. The molecule has 1 heterocycles. The lowest BCUT2D eigenvalue weighted by atomic mass is 10.1. The molecule has 0 aliphatic heterocycles. The van der Waals surface area contributed by atoms with Crippen molar-refractivity contribution in [1.29, 1.82) is 0 Å². The molecule has 3 nitrogen and oxygen atoms in total. The lowest BCUT2D eigenvalue weighted by Gasteiger charge is -2.21. The standard InChI is InChI=1S/C12H17ClN2O/c1-4-9(2)8-15(3)12(16)10-6-5-7-14-11(10)13/h5-7,9H,4,8H2,1-3H3. The van der Waals surface area contributed by atoms with Crippen LogP contribution in [0.1, 0.15) is 30.6 Å². The molecular formula is C12H17ClN2O. The molecule has 0 saturated heterocycles.